The molecule has 2 aliphatic heterocycles. The lowest BCUT2D eigenvalue weighted by Gasteiger charge is -2.38. The molecule has 12 heteroatoms. The molecule has 0 aromatic carbocycles. The summed E-state index contributed by atoms with van der Waals surface area (Å²) >= 11 is 0.840. The maximum absolute atomic E-state index is 12.2. The number of ether oxygens (including phenoxy) is 2. The van der Waals surface area contributed by atoms with Crippen LogP contribution in [0, 0.1) is 22.0 Å². The van der Waals surface area contributed by atoms with Gasteiger partial charge in [0, 0.05) is 34.9 Å². The number of nitrogens with zero attached hydrogens (tertiary/aromatic N) is 1. The third-order valence-electron chi connectivity index (χ3n) is 6.59. The fraction of sp³-hybridized carbons (Fsp3) is 0.652. The number of rotatable bonds is 11. The standard InChI is InChI=1S/C23H32N2O9S/c1-11(5-19(28)24-8-16(27)15-7-20(25(31)32)35-10-15)4-17-22(30)21(29)14(9-33-17)6-18-23(34-18)12(2)13(3)26/h5,7,10,12-14,17-18,21-23,26,29-30H,4,6,8-9H2,1-3H3,(H,24,28)/b11-5+/t12-,13-,14-,17-,18-,21+,22-,23-/m0/s1. The number of amides is 1. The zero-order valence-electron chi connectivity index (χ0n) is 19.8. The lowest BCUT2D eigenvalue weighted by Crippen LogP contribution is -2.50. The van der Waals surface area contributed by atoms with E-state index in [2.05, 4.69) is 5.32 Å². The van der Waals surface area contributed by atoms with E-state index in [4.69, 9.17) is 9.47 Å². The van der Waals surface area contributed by atoms with Gasteiger partial charge in [-0.15, -0.1) is 0 Å². The molecule has 0 aliphatic carbocycles. The molecular weight excluding hydrogens is 480 g/mol. The predicted molar refractivity (Wildman–Crippen MR) is 126 cm³/mol. The van der Waals surface area contributed by atoms with E-state index in [1.807, 2.05) is 6.92 Å². The molecular formula is C23H32N2O9S. The van der Waals surface area contributed by atoms with E-state index in [-0.39, 0.29) is 54.2 Å². The SMILES string of the molecule is C/C(=C\C(=O)NCC(=O)c1csc([N+](=O)[O-])c1)C[C@@H]1OC[C@H](C[C@@H]2O[C@H]2[C@@H](C)[C@H](C)O)[C@@H](O)[C@H]1O. The van der Waals surface area contributed by atoms with Gasteiger partial charge in [-0.3, -0.25) is 19.7 Å². The minimum Gasteiger partial charge on any atom is -0.393 e. The Kier molecular flexibility index (Phi) is 9.13. The summed E-state index contributed by atoms with van der Waals surface area (Å²) < 4.78 is 11.4. The van der Waals surface area contributed by atoms with Crippen LogP contribution in [0.1, 0.15) is 44.0 Å². The fourth-order valence-electron chi connectivity index (χ4n) is 4.20. The number of Topliss-reactive ketones (excluding diaryl/α,β-unsaturated/α-hetero) is 1. The number of carbonyl (C=O) groups is 2. The van der Waals surface area contributed by atoms with Crippen molar-refractivity contribution in [3.8, 4) is 0 Å². The molecule has 0 spiro atoms. The van der Waals surface area contributed by atoms with Gasteiger partial charge in [0.15, 0.2) is 5.78 Å². The van der Waals surface area contributed by atoms with Gasteiger partial charge < -0.3 is 30.1 Å². The van der Waals surface area contributed by atoms with Gasteiger partial charge in [0.1, 0.15) is 6.10 Å². The van der Waals surface area contributed by atoms with Crippen molar-refractivity contribution in [2.45, 2.75) is 70.2 Å². The maximum Gasteiger partial charge on any atom is 0.324 e. The monoisotopic (exact) mass is 512 g/mol. The Morgan fingerprint density at radius 3 is 2.66 bits per heavy atom. The van der Waals surface area contributed by atoms with E-state index < -0.39 is 41.0 Å². The van der Waals surface area contributed by atoms with Gasteiger partial charge in [-0.1, -0.05) is 23.8 Å². The molecule has 11 nitrogen and oxygen atoms in total. The van der Waals surface area contributed by atoms with Crippen molar-refractivity contribution in [2.24, 2.45) is 11.8 Å². The molecule has 2 aliphatic rings. The molecule has 35 heavy (non-hydrogen) atoms. The zero-order chi connectivity index (χ0) is 25.9. The summed E-state index contributed by atoms with van der Waals surface area (Å²) in [5.74, 6) is -1.28. The highest BCUT2D eigenvalue weighted by Crippen LogP contribution is 2.38. The second-order valence-corrected chi connectivity index (χ2v) is 10.2. The molecule has 1 aromatic rings. The topological polar surface area (TPSA) is 172 Å². The average Bonchev–Trinajstić information content (AvgIpc) is 3.37. The first-order valence-corrected chi connectivity index (χ1v) is 12.4. The van der Waals surface area contributed by atoms with Crippen molar-refractivity contribution < 1.29 is 39.3 Å². The average molecular weight is 513 g/mol. The van der Waals surface area contributed by atoms with Gasteiger partial charge in [-0.05, 0) is 26.7 Å². The highest BCUT2D eigenvalue weighted by Gasteiger charge is 2.48. The van der Waals surface area contributed by atoms with Crippen molar-refractivity contribution in [1.29, 1.82) is 0 Å². The Morgan fingerprint density at radius 1 is 1.31 bits per heavy atom. The van der Waals surface area contributed by atoms with E-state index >= 15 is 0 Å². The number of epoxide rings is 1. The predicted octanol–water partition coefficient (Wildman–Crippen LogP) is 1.20. The third-order valence-corrected chi connectivity index (χ3v) is 7.47. The summed E-state index contributed by atoms with van der Waals surface area (Å²) in [4.78, 5) is 34.4. The number of aliphatic hydroxyl groups excluding tert-OH is 3. The lowest BCUT2D eigenvalue weighted by atomic mass is 9.85. The molecule has 0 unspecified atom stereocenters. The van der Waals surface area contributed by atoms with E-state index in [0.717, 1.165) is 11.3 Å². The van der Waals surface area contributed by atoms with Gasteiger partial charge in [0.25, 0.3) is 0 Å². The van der Waals surface area contributed by atoms with Crippen LogP contribution < -0.4 is 5.32 Å². The second-order valence-electron chi connectivity index (χ2n) is 9.35. The summed E-state index contributed by atoms with van der Waals surface area (Å²) in [6.45, 7) is 5.22. The third kappa shape index (κ3) is 7.15. The first-order valence-electron chi connectivity index (χ1n) is 11.5. The minimum atomic E-state index is -1.14. The maximum atomic E-state index is 12.2. The minimum absolute atomic E-state index is 0.0164. The number of thiophene rings is 1. The Labute approximate surface area is 206 Å². The molecule has 2 fully saturated rings. The van der Waals surface area contributed by atoms with Crippen LogP contribution in [-0.4, -0.2) is 81.7 Å². The molecule has 3 rings (SSSR count). The number of nitro groups is 1. The lowest BCUT2D eigenvalue weighted by molar-refractivity contribution is -0.380. The van der Waals surface area contributed by atoms with Gasteiger partial charge >= 0.3 is 5.00 Å². The van der Waals surface area contributed by atoms with Crippen molar-refractivity contribution in [1.82, 2.24) is 5.32 Å². The quantitative estimate of drug-likeness (QED) is 0.112. The summed E-state index contributed by atoms with van der Waals surface area (Å²) in [7, 11) is 0. The van der Waals surface area contributed by atoms with Gasteiger partial charge in [0.05, 0.1) is 48.6 Å². The molecule has 1 amide bonds. The number of carbonyl (C=O) groups excluding carboxylic acids is 2. The van der Waals surface area contributed by atoms with Crippen LogP contribution in [0.25, 0.3) is 0 Å². The molecule has 0 bridgehead atoms. The Morgan fingerprint density at radius 2 is 2.03 bits per heavy atom. The summed E-state index contributed by atoms with van der Waals surface area (Å²) in [5, 5.41) is 45.2. The summed E-state index contributed by atoms with van der Waals surface area (Å²) in [5.41, 5.74) is 0.750. The van der Waals surface area contributed by atoms with Gasteiger partial charge in [-0.2, -0.15) is 0 Å². The van der Waals surface area contributed by atoms with Crippen molar-refractivity contribution in [3.05, 3.63) is 38.8 Å². The van der Waals surface area contributed by atoms with Crippen LogP contribution in [0.3, 0.4) is 0 Å². The molecule has 4 N–H and O–H groups in total. The zero-order valence-corrected chi connectivity index (χ0v) is 20.6. The van der Waals surface area contributed by atoms with Crippen molar-refractivity contribution in [2.75, 3.05) is 13.2 Å². The molecule has 2 saturated heterocycles. The first kappa shape index (κ1) is 27.4. The molecule has 3 heterocycles. The molecule has 0 radical (unpaired) electrons. The fourth-order valence-corrected chi connectivity index (χ4v) is 4.93. The molecule has 1 aromatic heterocycles. The molecule has 8 atom stereocenters. The summed E-state index contributed by atoms with van der Waals surface area (Å²) in [6.07, 6.45) is -1.45. The van der Waals surface area contributed by atoms with Crippen LogP contribution in [0.5, 0.6) is 0 Å². The smallest absolute Gasteiger partial charge is 0.324 e. The number of ketones is 1. The van der Waals surface area contributed by atoms with Crippen molar-refractivity contribution in [3.63, 3.8) is 0 Å². The van der Waals surface area contributed by atoms with Crippen LogP contribution >= 0.6 is 11.3 Å². The van der Waals surface area contributed by atoms with Crippen LogP contribution in [0.15, 0.2) is 23.1 Å². The molecule has 194 valence electrons. The normalized spacial score (nSPS) is 30.4. The molecule has 0 saturated carbocycles. The Balaban J connectivity index is 1.44. The number of nitrogens with one attached hydrogen (secondary N) is 1. The number of hydrogen-bond donors (Lipinski definition) is 4. The Hall–Kier alpha value is -2.22. The van der Waals surface area contributed by atoms with Crippen molar-refractivity contribution >= 4 is 28.0 Å². The van der Waals surface area contributed by atoms with Crippen LogP contribution in [-0.2, 0) is 14.3 Å². The summed E-state index contributed by atoms with van der Waals surface area (Å²) in [6, 6.07) is 1.17. The number of hydrogen-bond acceptors (Lipinski definition) is 10. The second kappa shape index (κ2) is 11.7. The largest absolute Gasteiger partial charge is 0.393 e. The van der Waals surface area contributed by atoms with Gasteiger partial charge in [-0.25, -0.2) is 0 Å². The van der Waals surface area contributed by atoms with Crippen LogP contribution in [0.2, 0.25) is 0 Å². The van der Waals surface area contributed by atoms with E-state index in [1.54, 1.807) is 13.8 Å². The number of aliphatic hydroxyl groups is 3. The first-order chi connectivity index (χ1) is 16.5. The van der Waals surface area contributed by atoms with E-state index in [0.29, 0.717) is 12.0 Å². The Bertz CT molecular complexity index is 963. The van der Waals surface area contributed by atoms with Crippen LogP contribution in [0.4, 0.5) is 5.00 Å². The highest BCUT2D eigenvalue weighted by atomic mass is 32.1. The van der Waals surface area contributed by atoms with E-state index in [1.165, 1.54) is 17.5 Å². The van der Waals surface area contributed by atoms with Gasteiger partial charge in [0.2, 0.25) is 5.91 Å². The van der Waals surface area contributed by atoms with E-state index in [9.17, 15) is 35.0 Å². The highest BCUT2D eigenvalue weighted by molar-refractivity contribution is 7.13.